The summed E-state index contributed by atoms with van der Waals surface area (Å²) in [6, 6.07) is 0. The Kier molecular flexibility index (Phi) is 3.79. The predicted octanol–water partition coefficient (Wildman–Crippen LogP) is 0.256. The van der Waals surface area contributed by atoms with Gasteiger partial charge in [0.05, 0.1) is 5.69 Å². The summed E-state index contributed by atoms with van der Waals surface area (Å²) in [5.74, 6) is -1.82. The van der Waals surface area contributed by atoms with Crippen molar-refractivity contribution < 1.29 is 14.4 Å². The van der Waals surface area contributed by atoms with Gasteiger partial charge in [0, 0.05) is 11.3 Å². The first-order valence-electron chi connectivity index (χ1n) is 5.81. The maximum atomic E-state index is 11.7. The van der Waals surface area contributed by atoms with Gasteiger partial charge in [-0.1, -0.05) is 0 Å². The fraction of sp³-hybridized carbons (Fsp3) is 0.455. The number of amides is 3. The van der Waals surface area contributed by atoms with E-state index in [1.807, 2.05) is 13.8 Å². The third-order valence-corrected chi connectivity index (χ3v) is 3.87. The van der Waals surface area contributed by atoms with E-state index in [0.717, 1.165) is 10.6 Å². The molecule has 102 valence electrons. The molecule has 0 aromatic carbocycles. The van der Waals surface area contributed by atoms with E-state index in [1.165, 1.54) is 11.3 Å². The first-order valence-corrected chi connectivity index (χ1v) is 6.62. The summed E-state index contributed by atoms with van der Waals surface area (Å²) in [5.41, 5.74) is 5.33. The van der Waals surface area contributed by atoms with Crippen LogP contribution in [0.15, 0.2) is 0 Å². The molecule has 0 radical (unpaired) electrons. The zero-order valence-electron chi connectivity index (χ0n) is 10.6. The average molecular weight is 282 g/mol. The van der Waals surface area contributed by atoms with Gasteiger partial charge < -0.3 is 5.32 Å². The number of aryl methyl sites for hydroxylation is 2. The Balaban J connectivity index is 1.85. The molecule has 1 fully saturated rings. The van der Waals surface area contributed by atoms with Gasteiger partial charge in [0.25, 0.3) is 11.8 Å². The van der Waals surface area contributed by atoms with Crippen LogP contribution in [0.25, 0.3) is 0 Å². The first-order chi connectivity index (χ1) is 8.97. The third kappa shape index (κ3) is 3.08. The molecule has 1 aliphatic rings. The van der Waals surface area contributed by atoms with Gasteiger partial charge in [0.1, 0.15) is 5.92 Å². The topological polar surface area (TPSA) is 100 Å². The summed E-state index contributed by atoms with van der Waals surface area (Å²) < 4.78 is 0. The number of rotatable bonds is 4. The van der Waals surface area contributed by atoms with E-state index in [4.69, 9.17) is 0 Å². The zero-order chi connectivity index (χ0) is 14.0. The largest absolute Gasteiger partial charge is 0.302 e. The van der Waals surface area contributed by atoms with Crippen LogP contribution < -0.4 is 16.2 Å². The quantitative estimate of drug-likeness (QED) is 0.689. The normalized spacial score (nSPS) is 15.3. The smallest absolute Gasteiger partial charge is 0.251 e. The minimum absolute atomic E-state index is 0.100. The highest BCUT2D eigenvalue weighted by atomic mass is 32.1. The van der Waals surface area contributed by atoms with Crippen LogP contribution in [0.5, 0.6) is 0 Å². The highest BCUT2D eigenvalue weighted by molar-refractivity contribution is 7.15. The number of hydrazine groups is 1. The molecule has 0 unspecified atom stereocenters. The molecule has 1 aromatic heterocycles. The second-order valence-corrected chi connectivity index (χ2v) is 5.48. The molecule has 2 heterocycles. The number of carbonyl (C=O) groups excluding carboxylic acids is 3. The van der Waals surface area contributed by atoms with Crippen LogP contribution in [0.3, 0.4) is 0 Å². The Morgan fingerprint density at radius 1 is 1.32 bits per heavy atom. The molecule has 7 nitrogen and oxygen atoms in total. The van der Waals surface area contributed by atoms with E-state index in [0.29, 0.717) is 5.13 Å². The maximum Gasteiger partial charge on any atom is 0.251 e. The number of nitrogens with one attached hydrogen (secondary N) is 3. The molecule has 0 saturated carbocycles. The number of hydrogen-bond donors (Lipinski definition) is 3. The highest BCUT2D eigenvalue weighted by Gasteiger charge is 2.32. The summed E-state index contributed by atoms with van der Waals surface area (Å²) in [4.78, 5) is 39.5. The highest BCUT2D eigenvalue weighted by Crippen LogP contribution is 2.21. The van der Waals surface area contributed by atoms with Crippen molar-refractivity contribution in [1.82, 2.24) is 15.8 Å². The summed E-state index contributed by atoms with van der Waals surface area (Å²) in [6.07, 6.45) is 0.288. The van der Waals surface area contributed by atoms with E-state index >= 15 is 0 Å². The van der Waals surface area contributed by atoms with Gasteiger partial charge in [-0.3, -0.25) is 25.2 Å². The van der Waals surface area contributed by atoms with Crippen molar-refractivity contribution in [3.8, 4) is 0 Å². The molecular weight excluding hydrogens is 268 g/mol. The lowest BCUT2D eigenvalue weighted by molar-refractivity contribution is -0.128. The molecule has 2 rings (SSSR count). The lowest BCUT2D eigenvalue weighted by Gasteiger charge is -2.03. The minimum atomic E-state index is -0.787. The van der Waals surface area contributed by atoms with Crippen LogP contribution in [-0.4, -0.2) is 22.7 Å². The van der Waals surface area contributed by atoms with Crippen molar-refractivity contribution in [2.45, 2.75) is 26.7 Å². The summed E-state index contributed by atoms with van der Waals surface area (Å²) >= 11 is 1.40. The number of aromatic nitrogens is 1. The Bertz CT molecular complexity index is 505. The van der Waals surface area contributed by atoms with Crippen molar-refractivity contribution in [2.24, 2.45) is 5.92 Å². The minimum Gasteiger partial charge on any atom is -0.302 e. The average Bonchev–Trinajstić information content (AvgIpc) is 2.81. The van der Waals surface area contributed by atoms with Gasteiger partial charge >= 0.3 is 0 Å². The van der Waals surface area contributed by atoms with Gasteiger partial charge in [-0.2, -0.15) is 0 Å². The van der Waals surface area contributed by atoms with Crippen molar-refractivity contribution in [3.05, 3.63) is 10.6 Å². The van der Waals surface area contributed by atoms with Crippen LogP contribution in [0.2, 0.25) is 0 Å². The molecule has 1 saturated heterocycles. The van der Waals surface area contributed by atoms with Crippen molar-refractivity contribution in [3.63, 3.8) is 0 Å². The number of anilines is 1. The van der Waals surface area contributed by atoms with E-state index in [-0.39, 0.29) is 18.7 Å². The predicted molar refractivity (Wildman–Crippen MR) is 69.2 cm³/mol. The standard InChI is InChI=1S/C11H14N4O3S/c1-5-6(2)19-11(12-5)13-8(16)4-3-7-9(17)14-15-10(7)18/h7H,3-4H2,1-2H3,(H,14,17)(H,15,18)(H,12,13,16). The Morgan fingerprint density at radius 3 is 2.47 bits per heavy atom. The van der Waals surface area contributed by atoms with Crippen molar-refractivity contribution in [1.29, 1.82) is 0 Å². The number of hydrogen-bond acceptors (Lipinski definition) is 5. The van der Waals surface area contributed by atoms with Crippen LogP contribution in [0.1, 0.15) is 23.4 Å². The Morgan fingerprint density at radius 2 is 1.95 bits per heavy atom. The molecular formula is C11H14N4O3S. The van der Waals surface area contributed by atoms with Gasteiger partial charge in [-0.15, -0.1) is 11.3 Å². The van der Waals surface area contributed by atoms with E-state index in [2.05, 4.69) is 21.2 Å². The molecule has 0 spiro atoms. The molecule has 8 heteroatoms. The van der Waals surface area contributed by atoms with E-state index in [9.17, 15) is 14.4 Å². The van der Waals surface area contributed by atoms with Gasteiger partial charge in [-0.25, -0.2) is 4.98 Å². The third-order valence-electron chi connectivity index (χ3n) is 2.88. The van der Waals surface area contributed by atoms with Crippen molar-refractivity contribution in [2.75, 3.05) is 5.32 Å². The molecule has 19 heavy (non-hydrogen) atoms. The number of thiazole rings is 1. The molecule has 1 aromatic rings. The molecule has 0 bridgehead atoms. The fourth-order valence-electron chi connectivity index (χ4n) is 1.66. The number of carbonyl (C=O) groups is 3. The second-order valence-electron chi connectivity index (χ2n) is 4.28. The summed E-state index contributed by atoms with van der Waals surface area (Å²) in [7, 11) is 0. The molecule has 3 amide bonds. The van der Waals surface area contributed by atoms with Crippen LogP contribution >= 0.6 is 11.3 Å². The first kappa shape index (κ1) is 13.5. The summed E-state index contributed by atoms with van der Waals surface area (Å²) in [5, 5.41) is 3.20. The van der Waals surface area contributed by atoms with E-state index < -0.39 is 17.7 Å². The van der Waals surface area contributed by atoms with Gasteiger partial charge in [0.15, 0.2) is 5.13 Å². The van der Waals surface area contributed by atoms with Gasteiger partial charge in [-0.05, 0) is 20.3 Å². The fourth-order valence-corrected chi connectivity index (χ4v) is 2.49. The molecule has 3 N–H and O–H groups in total. The summed E-state index contributed by atoms with van der Waals surface area (Å²) in [6.45, 7) is 3.80. The number of nitrogens with zero attached hydrogens (tertiary/aromatic N) is 1. The van der Waals surface area contributed by atoms with Crippen LogP contribution in [0, 0.1) is 19.8 Å². The Labute approximate surface area is 113 Å². The SMILES string of the molecule is Cc1nc(NC(=O)CCC2C(=O)NNC2=O)sc1C. The van der Waals surface area contributed by atoms with Crippen LogP contribution in [-0.2, 0) is 14.4 Å². The lowest BCUT2D eigenvalue weighted by Crippen LogP contribution is -2.28. The van der Waals surface area contributed by atoms with E-state index in [1.54, 1.807) is 0 Å². The lowest BCUT2D eigenvalue weighted by atomic mass is 10.0. The molecule has 0 atom stereocenters. The van der Waals surface area contributed by atoms with Gasteiger partial charge in [0.2, 0.25) is 5.91 Å². The van der Waals surface area contributed by atoms with Crippen molar-refractivity contribution >= 4 is 34.2 Å². The maximum absolute atomic E-state index is 11.7. The second kappa shape index (κ2) is 5.35. The zero-order valence-corrected chi connectivity index (χ0v) is 11.4. The molecule has 0 aliphatic carbocycles. The monoisotopic (exact) mass is 282 g/mol. The van der Waals surface area contributed by atoms with Crippen LogP contribution in [0.4, 0.5) is 5.13 Å². The molecule has 1 aliphatic heterocycles. The Hall–Kier alpha value is -1.96.